The second kappa shape index (κ2) is 11.0. The Balaban J connectivity index is 2.28. The van der Waals surface area contributed by atoms with Crippen molar-refractivity contribution in [2.45, 2.75) is 76.2 Å². The van der Waals surface area contributed by atoms with E-state index in [2.05, 4.69) is 137 Å². The molecule has 0 spiro atoms. The summed E-state index contributed by atoms with van der Waals surface area (Å²) in [4.78, 5) is 10.4. The maximum Gasteiger partial charge on any atom is 0.0975 e. The first-order valence-corrected chi connectivity index (χ1v) is 13.3. The molecule has 0 amide bonds. The Bertz CT molecular complexity index is 1400. The quantitative estimate of drug-likeness (QED) is 0.331. The molecule has 0 radical (unpaired) electrons. The molecule has 37 heavy (non-hydrogen) atoms. The lowest BCUT2D eigenvalue weighted by Crippen LogP contribution is -2.06. The van der Waals surface area contributed by atoms with Gasteiger partial charge in [0.05, 0.1) is 22.4 Å². The molecule has 0 atom stereocenters. The molecule has 1 aromatic heterocycles. The summed E-state index contributed by atoms with van der Waals surface area (Å²) >= 11 is 0. The Kier molecular flexibility index (Phi) is 8.42. The fourth-order valence-corrected chi connectivity index (χ4v) is 3.90. The highest BCUT2D eigenvalue weighted by atomic mass is 14.8. The summed E-state index contributed by atoms with van der Waals surface area (Å²) in [6.45, 7) is 24.3. The van der Waals surface area contributed by atoms with Crippen molar-refractivity contribution in [2.75, 3.05) is 0 Å². The predicted molar refractivity (Wildman–Crippen MR) is 163 cm³/mol. The van der Waals surface area contributed by atoms with Crippen molar-refractivity contribution in [2.24, 2.45) is 10.8 Å². The first-order valence-electron chi connectivity index (χ1n) is 13.3. The van der Waals surface area contributed by atoms with E-state index in [1.165, 1.54) is 22.3 Å². The lowest BCUT2D eigenvalue weighted by molar-refractivity contribution is 0.504. The maximum absolute atomic E-state index is 5.25. The van der Waals surface area contributed by atoms with Crippen LogP contribution in [-0.2, 0) is 0 Å². The van der Waals surface area contributed by atoms with E-state index in [0.29, 0.717) is 0 Å². The zero-order chi connectivity index (χ0) is 27.5. The van der Waals surface area contributed by atoms with Gasteiger partial charge in [0.15, 0.2) is 0 Å². The fourth-order valence-electron chi connectivity index (χ4n) is 3.90. The van der Waals surface area contributed by atoms with Crippen molar-refractivity contribution in [3.8, 4) is 11.3 Å². The highest BCUT2D eigenvalue weighted by molar-refractivity contribution is 5.97. The topological polar surface area (TPSA) is 25.8 Å². The molecular weight excluding hydrogens is 448 g/mol. The fraction of sp³-hybridized carbons (Fsp3) is 0.371. The van der Waals surface area contributed by atoms with Gasteiger partial charge in [-0.05, 0) is 56.6 Å². The van der Waals surface area contributed by atoms with Gasteiger partial charge >= 0.3 is 0 Å². The molecular formula is C35H44N2. The molecule has 0 unspecified atom stereocenters. The van der Waals surface area contributed by atoms with E-state index in [1.807, 2.05) is 6.07 Å². The van der Waals surface area contributed by atoms with E-state index >= 15 is 0 Å². The van der Waals surface area contributed by atoms with Gasteiger partial charge in [-0.2, -0.15) is 0 Å². The number of aryl methyl sites for hydroxylation is 1. The summed E-state index contributed by atoms with van der Waals surface area (Å²) in [5.74, 6) is 0. The molecule has 2 heteroatoms. The van der Waals surface area contributed by atoms with Crippen molar-refractivity contribution in [3.63, 3.8) is 0 Å². The largest absolute Gasteiger partial charge is 0.249 e. The lowest BCUT2D eigenvalue weighted by atomic mass is 9.87. The van der Waals surface area contributed by atoms with Gasteiger partial charge in [0, 0.05) is 16.7 Å². The van der Waals surface area contributed by atoms with Gasteiger partial charge in [-0.15, -0.1) is 0 Å². The van der Waals surface area contributed by atoms with Crippen molar-refractivity contribution in [3.05, 3.63) is 94.7 Å². The Morgan fingerprint density at radius 2 is 1.03 bits per heavy atom. The second-order valence-electron chi connectivity index (χ2n) is 12.3. The van der Waals surface area contributed by atoms with Crippen LogP contribution in [0.1, 0.15) is 86.1 Å². The highest BCUT2D eigenvalue weighted by Crippen LogP contribution is 2.33. The van der Waals surface area contributed by atoms with Crippen LogP contribution >= 0.6 is 0 Å². The maximum atomic E-state index is 5.25. The van der Waals surface area contributed by atoms with Crippen molar-refractivity contribution in [1.82, 2.24) is 9.97 Å². The molecule has 0 aliphatic heterocycles. The Labute approximate surface area is 225 Å². The first-order chi connectivity index (χ1) is 17.2. The number of allylic oxidation sites excluding steroid dienone is 8. The Morgan fingerprint density at radius 3 is 1.46 bits per heavy atom. The molecule has 0 aliphatic carbocycles. The van der Waals surface area contributed by atoms with Crippen molar-refractivity contribution in [1.29, 1.82) is 0 Å². The van der Waals surface area contributed by atoms with Crippen LogP contribution in [0, 0.1) is 17.8 Å². The third-order valence-corrected chi connectivity index (χ3v) is 7.43. The van der Waals surface area contributed by atoms with Crippen LogP contribution in [0.4, 0.5) is 0 Å². The van der Waals surface area contributed by atoms with E-state index < -0.39 is 0 Å². The predicted octanol–water partition coefficient (Wildman–Crippen LogP) is 10.4. The molecule has 0 aliphatic rings. The van der Waals surface area contributed by atoms with Gasteiger partial charge in [0.1, 0.15) is 0 Å². The number of benzene rings is 2. The number of nitrogens with zero attached hydrogens (tertiary/aromatic N) is 2. The van der Waals surface area contributed by atoms with Gasteiger partial charge in [-0.25, -0.2) is 9.97 Å². The van der Waals surface area contributed by atoms with Crippen LogP contribution in [0.15, 0.2) is 77.9 Å². The average molecular weight is 493 g/mol. The van der Waals surface area contributed by atoms with Gasteiger partial charge < -0.3 is 0 Å². The summed E-state index contributed by atoms with van der Waals surface area (Å²) in [6, 6.07) is 14.8. The molecule has 0 bridgehead atoms. The average Bonchev–Trinajstić information content (AvgIpc) is 2.83. The monoisotopic (exact) mass is 492 g/mol. The van der Waals surface area contributed by atoms with Crippen LogP contribution in [-0.4, -0.2) is 9.97 Å². The van der Waals surface area contributed by atoms with Gasteiger partial charge in [-0.1, -0.05) is 119 Å². The number of aromatic nitrogens is 2. The van der Waals surface area contributed by atoms with Crippen LogP contribution in [0.3, 0.4) is 0 Å². The second-order valence-corrected chi connectivity index (χ2v) is 12.3. The smallest absolute Gasteiger partial charge is 0.0975 e. The number of fused-ring (bicyclic) bond motifs is 1. The first kappa shape index (κ1) is 28.3. The summed E-state index contributed by atoms with van der Waals surface area (Å²) in [7, 11) is 0. The number of rotatable bonds is 5. The minimum atomic E-state index is 0.140. The van der Waals surface area contributed by atoms with E-state index in [0.717, 1.165) is 39.1 Å². The molecule has 1 heterocycles. The minimum Gasteiger partial charge on any atom is -0.249 e. The van der Waals surface area contributed by atoms with Crippen molar-refractivity contribution < 1.29 is 0 Å². The van der Waals surface area contributed by atoms with E-state index in [9.17, 15) is 0 Å². The van der Waals surface area contributed by atoms with Crippen LogP contribution in [0.25, 0.3) is 33.4 Å². The van der Waals surface area contributed by atoms with E-state index in [4.69, 9.17) is 9.97 Å². The molecule has 2 aromatic carbocycles. The number of hydrogen-bond donors (Lipinski definition) is 0. The zero-order valence-corrected chi connectivity index (χ0v) is 24.7. The van der Waals surface area contributed by atoms with Crippen LogP contribution in [0.5, 0.6) is 0 Å². The molecule has 0 saturated carbocycles. The third kappa shape index (κ3) is 6.74. The molecule has 0 fully saturated rings. The molecule has 0 N–H and O–H groups in total. The van der Waals surface area contributed by atoms with Gasteiger partial charge in [0.2, 0.25) is 0 Å². The lowest BCUT2D eigenvalue weighted by Gasteiger charge is -2.19. The van der Waals surface area contributed by atoms with Gasteiger partial charge in [0.25, 0.3) is 0 Å². The third-order valence-electron chi connectivity index (χ3n) is 7.43. The Hall–Kier alpha value is -3.26. The van der Waals surface area contributed by atoms with Crippen LogP contribution in [0.2, 0.25) is 0 Å². The molecule has 0 saturated heterocycles. The van der Waals surface area contributed by atoms with E-state index in [1.54, 1.807) is 0 Å². The molecule has 3 rings (SSSR count). The molecule has 194 valence electrons. The molecule has 2 nitrogen and oxygen atoms in total. The summed E-state index contributed by atoms with van der Waals surface area (Å²) in [6.07, 6.45) is 8.91. The summed E-state index contributed by atoms with van der Waals surface area (Å²) < 4.78 is 0. The highest BCUT2D eigenvalue weighted by Gasteiger charge is 2.17. The van der Waals surface area contributed by atoms with Crippen LogP contribution < -0.4 is 0 Å². The zero-order valence-electron chi connectivity index (χ0n) is 24.7. The van der Waals surface area contributed by atoms with Gasteiger partial charge in [-0.3, -0.25) is 0 Å². The summed E-state index contributed by atoms with van der Waals surface area (Å²) in [5.41, 5.74) is 12.5. The normalized spacial score (nSPS) is 14.5. The number of hydrogen-bond acceptors (Lipinski definition) is 2. The Morgan fingerprint density at radius 1 is 0.595 bits per heavy atom. The van der Waals surface area contributed by atoms with Crippen molar-refractivity contribution >= 4 is 22.2 Å². The minimum absolute atomic E-state index is 0.140. The standard InChI is InChI=1S/C35H44N2/c1-23(17-19-25(3)34(6,7)8)29-21-22-30(24(2)18-20-26(4)35(9,10)11)33-32(29)36-27(5)31(37-33)28-15-13-12-14-16-28/h12-22H,1-11H3. The molecule has 3 aromatic rings. The SMILES string of the molecule is CC(=CC=C(C)C(C)(C)C)c1ccc(C(C)=CC=C(C)C(C)(C)C)c2nc(-c3ccccc3)c(C)nc12. The summed E-state index contributed by atoms with van der Waals surface area (Å²) in [5, 5.41) is 0. The van der Waals surface area contributed by atoms with E-state index in [-0.39, 0.29) is 10.8 Å².